The molecule has 2 N–H and O–H groups in total. The highest BCUT2D eigenvalue weighted by Crippen LogP contribution is 2.27. The van der Waals surface area contributed by atoms with Crippen molar-refractivity contribution >= 4 is 34.6 Å². The van der Waals surface area contributed by atoms with Gasteiger partial charge in [0.05, 0.1) is 4.88 Å². The van der Waals surface area contributed by atoms with Gasteiger partial charge in [-0.15, -0.1) is 22.7 Å². The van der Waals surface area contributed by atoms with Crippen molar-refractivity contribution in [3.8, 4) is 9.88 Å². The van der Waals surface area contributed by atoms with Crippen LogP contribution in [0.1, 0.15) is 24.3 Å². The van der Waals surface area contributed by atoms with E-state index in [0.717, 1.165) is 9.88 Å². The maximum absolute atomic E-state index is 11.9. The number of aliphatic carboxylic acids is 1. The van der Waals surface area contributed by atoms with E-state index in [9.17, 15) is 9.59 Å². The van der Waals surface area contributed by atoms with E-state index in [-0.39, 0.29) is 5.69 Å². The topological polar surface area (TPSA) is 79.3 Å². The molecule has 2 rings (SSSR count). The van der Waals surface area contributed by atoms with E-state index >= 15 is 0 Å². The maximum Gasteiger partial charge on any atom is 0.328 e. The van der Waals surface area contributed by atoms with E-state index in [2.05, 4.69) is 10.3 Å². The van der Waals surface area contributed by atoms with Gasteiger partial charge in [-0.1, -0.05) is 6.07 Å². The number of thiazole rings is 1. The molecule has 100 valence electrons. The molecule has 0 fully saturated rings. The minimum Gasteiger partial charge on any atom is -0.480 e. The van der Waals surface area contributed by atoms with Crippen LogP contribution in [0.15, 0.2) is 22.9 Å². The summed E-state index contributed by atoms with van der Waals surface area (Å²) in [7, 11) is 0. The number of nitrogens with one attached hydrogen (secondary N) is 1. The summed E-state index contributed by atoms with van der Waals surface area (Å²) < 4.78 is 0. The Morgan fingerprint density at radius 2 is 2.11 bits per heavy atom. The zero-order valence-electron chi connectivity index (χ0n) is 10.3. The first kappa shape index (κ1) is 13.7. The van der Waals surface area contributed by atoms with Crippen molar-refractivity contribution in [1.29, 1.82) is 0 Å². The van der Waals surface area contributed by atoms with Crippen LogP contribution >= 0.6 is 22.7 Å². The van der Waals surface area contributed by atoms with Crippen molar-refractivity contribution in [3.05, 3.63) is 28.6 Å². The standard InChI is InChI=1S/C12H12N2O3S2/c1-12(2,11(16)17)14-9(15)7-6-19-10(13-7)8-4-3-5-18-8/h3-6H,1-2H3,(H,14,15)(H,16,17). The molecule has 0 bridgehead atoms. The molecule has 0 aliphatic carbocycles. The third kappa shape index (κ3) is 2.99. The monoisotopic (exact) mass is 296 g/mol. The Labute approximate surface area is 117 Å². The van der Waals surface area contributed by atoms with Gasteiger partial charge in [0.2, 0.25) is 0 Å². The number of rotatable bonds is 4. The summed E-state index contributed by atoms with van der Waals surface area (Å²) in [5.74, 6) is -1.57. The lowest BCUT2D eigenvalue weighted by Crippen LogP contribution is -2.49. The average Bonchev–Trinajstić information content (AvgIpc) is 2.99. The highest BCUT2D eigenvalue weighted by molar-refractivity contribution is 7.20. The number of hydrogen-bond donors (Lipinski definition) is 2. The zero-order valence-corrected chi connectivity index (χ0v) is 12.0. The lowest BCUT2D eigenvalue weighted by atomic mass is 10.1. The van der Waals surface area contributed by atoms with Crippen molar-refractivity contribution in [2.24, 2.45) is 0 Å². The molecule has 2 aromatic heterocycles. The van der Waals surface area contributed by atoms with Crippen molar-refractivity contribution in [3.63, 3.8) is 0 Å². The Bertz CT molecular complexity index is 602. The highest BCUT2D eigenvalue weighted by atomic mass is 32.1. The van der Waals surface area contributed by atoms with E-state index in [4.69, 9.17) is 5.11 Å². The molecule has 0 radical (unpaired) electrons. The van der Waals surface area contributed by atoms with Crippen LogP contribution in [0.3, 0.4) is 0 Å². The van der Waals surface area contributed by atoms with Crippen LogP contribution in [0.25, 0.3) is 9.88 Å². The van der Waals surface area contributed by atoms with Crippen LogP contribution in [0, 0.1) is 0 Å². The van der Waals surface area contributed by atoms with Gasteiger partial charge in [0.25, 0.3) is 5.91 Å². The van der Waals surface area contributed by atoms with Crippen LogP contribution in [0.2, 0.25) is 0 Å². The molecule has 0 saturated carbocycles. The molecule has 0 saturated heterocycles. The van der Waals surface area contributed by atoms with Gasteiger partial charge in [0, 0.05) is 5.38 Å². The molecule has 0 aromatic carbocycles. The Morgan fingerprint density at radius 1 is 1.37 bits per heavy atom. The van der Waals surface area contributed by atoms with Crippen LogP contribution < -0.4 is 5.32 Å². The quantitative estimate of drug-likeness (QED) is 0.908. The minimum absolute atomic E-state index is 0.239. The van der Waals surface area contributed by atoms with Gasteiger partial charge in [0.15, 0.2) is 0 Å². The summed E-state index contributed by atoms with van der Waals surface area (Å²) in [5.41, 5.74) is -1.08. The molecule has 7 heteroatoms. The van der Waals surface area contributed by atoms with Crippen LogP contribution in [-0.4, -0.2) is 27.5 Å². The van der Waals surface area contributed by atoms with Crippen molar-refractivity contribution < 1.29 is 14.7 Å². The van der Waals surface area contributed by atoms with E-state index in [1.807, 2.05) is 17.5 Å². The number of carbonyl (C=O) groups is 2. The highest BCUT2D eigenvalue weighted by Gasteiger charge is 2.30. The third-order valence-corrected chi connectivity index (χ3v) is 4.31. The summed E-state index contributed by atoms with van der Waals surface area (Å²) in [5, 5.41) is 15.7. The predicted molar refractivity (Wildman–Crippen MR) is 74.6 cm³/mol. The summed E-state index contributed by atoms with van der Waals surface area (Å²) in [6.45, 7) is 2.86. The van der Waals surface area contributed by atoms with Crippen LogP contribution in [0.4, 0.5) is 0 Å². The van der Waals surface area contributed by atoms with E-state index in [1.165, 1.54) is 25.2 Å². The smallest absolute Gasteiger partial charge is 0.328 e. The summed E-state index contributed by atoms with van der Waals surface area (Å²) in [6, 6.07) is 3.83. The van der Waals surface area contributed by atoms with Crippen LogP contribution in [-0.2, 0) is 4.79 Å². The number of aromatic nitrogens is 1. The van der Waals surface area contributed by atoms with E-state index in [0.29, 0.717) is 0 Å². The van der Waals surface area contributed by atoms with Gasteiger partial charge in [-0.05, 0) is 25.3 Å². The van der Waals surface area contributed by atoms with Gasteiger partial charge in [-0.3, -0.25) is 4.79 Å². The second-order valence-corrected chi connectivity index (χ2v) is 6.21. The number of nitrogens with zero attached hydrogens (tertiary/aromatic N) is 1. The summed E-state index contributed by atoms with van der Waals surface area (Å²) in [6.07, 6.45) is 0. The average molecular weight is 296 g/mol. The molecule has 5 nitrogen and oxygen atoms in total. The number of amides is 1. The lowest BCUT2D eigenvalue weighted by Gasteiger charge is -2.20. The predicted octanol–water partition coefficient (Wildman–Crippen LogP) is 2.46. The fraction of sp³-hybridized carbons (Fsp3) is 0.250. The molecule has 1 amide bonds. The zero-order chi connectivity index (χ0) is 14.0. The first-order valence-corrected chi connectivity index (χ1v) is 7.21. The number of carbonyl (C=O) groups excluding carboxylic acids is 1. The fourth-order valence-electron chi connectivity index (χ4n) is 1.29. The molecule has 0 aliphatic heterocycles. The molecule has 0 aliphatic rings. The maximum atomic E-state index is 11.9. The second kappa shape index (κ2) is 5.10. The molecule has 0 unspecified atom stereocenters. The molecule has 0 spiro atoms. The molecular formula is C12H12N2O3S2. The minimum atomic E-state index is -1.32. The van der Waals surface area contributed by atoms with E-state index < -0.39 is 17.4 Å². The molecule has 2 aromatic rings. The van der Waals surface area contributed by atoms with Crippen molar-refractivity contribution in [2.75, 3.05) is 0 Å². The van der Waals surface area contributed by atoms with Gasteiger partial charge in [0.1, 0.15) is 16.2 Å². The first-order valence-electron chi connectivity index (χ1n) is 5.45. The molecule has 2 heterocycles. The summed E-state index contributed by atoms with van der Waals surface area (Å²) in [4.78, 5) is 28.1. The Kier molecular flexibility index (Phi) is 3.68. The van der Waals surface area contributed by atoms with Crippen LogP contribution in [0.5, 0.6) is 0 Å². The Morgan fingerprint density at radius 3 is 2.68 bits per heavy atom. The lowest BCUT2D eigenvalue weighted by molar-refractivity contribution is -0.143. The number of carboxylic acid groups (broad SMARTS) is 1. The largest absolute Gasteiger partial charge is 0.480 e. The fourth-order valence-corrected chi connectivity index (χ4v) is 2.91. The molecule has 0 atom stereocenters. The number of carboxylic acids is 1. The van der Waals surface area contributed by atoms with Gasteiger partial charge < -0.3 is 10.4 Å². The van der Waals surface area contributed by atoms with E-state index in [1.54, 1.807) is 16.7 Å². The van der Waals surface area contributed by atoms with Gasteiger partial charge >= 0.3 is 5.97 Å². The third-order valence-electron chi connectivity index (χ3n) is 2.43. The number of thiophene rings is 1. The second-order valence-electron chi connectivity index (χ2n) is 4.40. The molecule has 19 heavy (non-hydrogen) atoms. The van der Waals surface area contributed by atoms with Crippen molar-refractivity contribution in [2.45, 2.75) is 19.4 Å². The van der Waals surface area contributed by atoms with Crippen molar-refractivity contribution in [1.82, 2.24) is 10.3 Å². The van der Waals surface area contributed by atoms with Gasteiger partial charge in [-0.25, -0.2) is 9.78 Å². The number of hydrogen-bond acceptors (Lipinski definition) is 5. The Balaban J connectivity index is 2.15. The Hall–Kier alpha value is -1.73. The normalized spacial score (nSPS) is 11.3. The van der Waals surface area contributed by atoms with Gasteiger partial charge in [-0.2, -0.15) is 0 Å². The SMILES string of the molecule is CC(C)(NC(=O)c1csc(-c2cccs2)n1)C(=O)O. The first-order chi connectivity index (χ1) is 8.90. The molecular weight excluding hydrogens is 284 g/mol. The summed E-state index contributed by atoms with van der Waals surface area (Å²) >= 11 is 2.90.